The monoisotopic (exact) mass is 277 g/mol. The van der Waals surface area contributed by atoms with Crippen molar-refractivity contribution in [2.75, 3.05) is 0 Å². The number of rotatable bonds is 3. The number of aromatic nitrogens is 1. The van der Waals surface area contributed by atoms with Gasteiger partial charge in [-0.3, -0.25) is 4.79 Å². The first-order valence-electron chi connectivity index (χ1n) is 4.43. The van der Waals surface area contributed by atoms with E-state index in [9.17, 15) is 35.5 Å². The van der Waals surface area contributed by atoms with Gasteiger partial charge in [0.1, 0.15) is 0 Å². The van der Waals surface area contributed by atoms with Crippen LogP contribution in [0, 0.1) is 0 Å². The van der Waals surface area contributed by atoms with Crippen molar-refractivity contribution in [1.82, 2.24) is 4.98 Å². The predicted octanol–water partition coefficient (Wildman–Crippen LogP) is 3.51. The maximum Gasteiger partial charge on any atom is 0.460 e. The lowest BCUT2D eigenvalue weighted by molar-refractivity contribution is -0.359. The Labute approximate surface area is 95.8 Å². The van der Waals surface area contributed by atoms with Crippen molar-refractivity contribution in [2.24, 2.45) is 0 Å². The highest BCUT2D eigenvalue weighted by Gasteiger charge is 2.74. The first-order chi connectivity index (χ1) is 7.93. The zero-order valence-electron chi connectivity index (χ0n) is 8.71. The van der Waals surface area contributed by atoms with Crippen LogP contribution in [0.1, 0.15) is 22.8 Å². The topological polar surface area (TPSA) is 32.9 Å². The first kappa shape index (κ1) is 14.5. The van der Waals surface area contributed by atoms with Gasteiger partial charge in [-0.05, 0) is 6.92 Å². The SMILES string of the molecule is CC(=O)c1c[nH]cc1C(F)(F)C(F)(F)C(F)(F)F. The lowest BCUT2D eigenvalue weighted by atomic mass is 9.99. The van der Waals surface area contributed by atoms with Gasteiger partial charge in [0.25, 0.3) is 0 Å². The van der Waals surface area contributed by atoms with Gasteiger partial charge in [-0.1, -0.05) is 0 Å². The number of carbonyl (C=O) groups excluding carboxylic acids is 1. The summed E-state index contributed by atoms with van der Waals surface area (Å²) in [6.07, 6.45) is -5.55. The minimum Gasteiger partial charge on any atom is -0.366 e. The van der Waals surface area contributed by atoms with Crippen molar-refractivity contribution in [2.45, 2.75) is 24.9 Å². The minimum absolute atomic E-state index is 0.246. The van der Waals surface area contributed by atoms with Crippen molar-refractivity contribution in [3.05, 3.63) is 23.5 Å². The molecule has 0 aliphatic rings. The molecular weight excluding hydrogens is 271 g/mol. The number of Topliss-reactive ketones (excluding diaryl/α,β-unsaturated/α-hetero) is 1. The molecule has 1 heterocycles. The van der Waals surface area contributed by atoms with Crippen LogP contribution in [0.4, 0.5) is 30.7 Å². The molecule has 0 spiro atoms. The van der Waals surface area contributed by atoms with Gasteiger partial charge in [0.15, 0.2) is 5.78 Å². The molecule has 0 fully saturated rings. The Morgan fingerprint density at radius 2 is 1.56 bits per heavy atom. The fourth-order valence-corrected chi connectivity index (χ4v) is 1.26. The molecule has 0 radical (unpaired) electrons. The lowest BCUT2D eigenvalue weighted by Crippen LogP contribution is -2.50. The molecule has 0 aliphatic heterocycles. The van der Waals surface area contributed by atoms with Crippen molar-refractivity contribution in [1.29, 1.82) is 0 Å². The van der Waals surface area contributed by atoms with Crippen molar-refractivity contribution < 1.29 is 35.5 Å². The van der Waals surface area contributed by atoms with E-state index in [0.29, 0.717) is 6.20 Å². The summed E-state index contributed by atoms with van der Waals surface area (Å²) >= 11 is 0. The van der Waals surface area contributed by atoms with E-state index >= 15 is 0 Å². The largest absolute Gasteiger partial charge is 0.460 e. The van der Waals surface area contributed by atoms with Gasteiger partial charge in [-0.15, -0.1) is 0 Å². The second-order valence-corrected chi connectivity index (χ2v) is 3.49. The fourth-order valence-electron chi connectivity index (χ4n) is 1.26. The Balaban J connectivity index is 3.38. The van der Waals surface area contributed by atoms with Gasteiger partial charge in [0, 0.05) is 18.0 Å². The van der Waals surface area contributed by atoms with E-state index in [1.165, 1.54) is 0 Å². The van der Waals surface area contributed by atoms with E-state index in [-0.39, 0.29) is 6.20 Å². The van der Waals surface area contributed by atoms with Crippen molar-refractivity contribution in [3.63, 3.8) is 0 Å². The van der Waals surface area contributed by atoms with Crippen molar-refractivity contribution in [3.8, 4) is 0 Å². The van der Waals surface area contributed by atoms with Gasteiger partial charge in [0.2, 0.25) is 0 Å². The second-order valence-electron chi connectivity index (χ2n) is 3.49. The molecule has 0 bridgehead atoms. The molecule has 102 valence electrons. The summed E-state index contributed by atoms with van der Waals surface area (Å²) in [7, 11) is 0. The number of halogens is 7. The van der Waals surface area contributed by atoms with Gasteiger partial charge >= 0.3 is 18.0 Å². The Hall–Kier alpha value is -1.54. The Kier molecular flexibility index (Phi) is 3.22. The van der Waals surface area contributed by atoms with Gasteiger partial charge < -0.3 is 4.98 Å². The van der Waals surface area contributed by atoms with Crippen LogP contribution >= 0.6 is 0 Å². The number of alkyl halides is 7. The number of hydrogen-bond donors (Lipinski definition) is 1. The molecule has 0 saturated heterocycles. The zero-order chi connectivity index (χ0) is 14.4. The Morgan fingerprint density at radius 1 is 1.06 bits per heavy atom. The number of aromatic amines is 1. The van der Waals surface area contributed by atoms with Crippen LogP contribution < -0.4 is 0 Å². The third kappa shape index (κ3) is 1.97. The summed E-state index contributed by atoms with van der Waals surface area (Å²) in [5, 5.41) is 0. The lowest BCUT2D eigenvalue weighted by Gasteiger charge is -2.28. The number of hydrogen-bond acceptors (Lipinski definition) is 1. The molecule has 18 heavy (non-hydrogen) atoms. The molecule has 0 saturated carbocycles. The Bertz CT molecular complexity index is 460. The molecule has 1 aromatic heterocycles. The average molecular weight is 277 g/mol. The highest BCUT2D eigenvalue weighted by atomic mass is 19.4. The summed E-state index contributed by atoms with van der Waals surface area (Å²) in [6, 6.07) is 0. The van der Waals surface area contributed by atoms with E-state index in [2.05, 4.69) is 0 Å². The van der Waals surface area contributed by atoms with Crippen LogP contribution in [0.5, 0.6) is 0 Å². The zero-order valence-corrected chi connectivity index (χ0v) is 8.71. The highest BCUT2D eigenvalue weighted by molar-refractivity contribution is 5.95. The van der Waals surface area contributed by atoms with Crippen molar-refractivity contribution >= 4 is 5.78 Å². The van der Waals surface area contributed by atoms with Crippen LogP contribution in [0.2, 0.25) is 0 Å². The molecule has 0 amide bonds. The second kappa shape index (κ2) is 3.99. The number of carbonyl (C=O) groups is 1. The third-order valence-electron chi connectivity index (χ3n) is 2.21. The maximum atomic E-state index is 13.2. The van der Waals surface area contributed by atoms with E-state index in [1.807, 2.05) is 4.98 Å². The number of nitrogens with one attached hydrogen (secondary N) is 1. The summed E-state index contributed by atoms with van der Waals surface area (Å²) < 4.78 is 87.7. The molecule has 9 heteroatoms. The molecule has 0 aromatic carbocycles. The molecule has 1 aromatic rings. The maximum absolute atomic E-state index is 13.2. The van der Waals surface area contributed by atoms with Crippen LogP contribution in [-0.4, -0.2) is 22.9 Å². The molecule has 1 N–H and O–H groups in total. The van der Waals surface area contributed by atoms with Crippen LogP contribution in [0.15, 0.2) is 12.4 Å². The molecule has 0 unspecified atom stereocenters. The number of ketones is 1. The van der Waals surface area contributed by atoms with Crippen LogP contribution in [0.25, 0.3) is 0 Å². The quantitative estimate of drug-likeness (QED) is 0.665. The van der Waals surface area contributed by atoms with Crippen LogP contribution in [-0.2, 0) is 5.92 Å². The molecule has 1 rings (SSSR count). The van der Waals surface area contributed by atoms with E-state index in [0.717, 1.165) is 6.92 Å². The molecular formula is C9H6F7NO. The third-order valence-corrected chi connectivity index (χ3v) is 2.21. The normalized spacial score (nSPS) is 13.8. The van der Waals surface area contributed by atoms with E-state index in [4.69, 9.17) is 0 Å². The Morgan fingerprint density at radius 3 is 1.94 bits per heavy atom. The summed E-state index contributed by atoms with van der Waals surface area (Å²) in [6.45, 7) is 0.772. The minimum atomic E-state index is -6.43. The summed E-state index contributed by atoms with van der Waals surface area (Å²) in [4.78, 5) is 12.8. The summed E-state index contributed by atoms with van der Waals surface area (Å²) in [5.74, 6) is -12.9. The van der Waals surface area contributed by atoms with E-state index < -0.39 is 34.9 Å². The van der Waals surface area contributed by atoms with Crippen LogP contribution in [0.3, 0.4) is 0 Å². The predicted molar refractivity (Wildman–Crippen MR) is 45.7 cm³/mol. The number of H-pyrrole nitrogens is 1. The molecule has 2 nitrogen and oxygen atoms in total. The fraction of sp³-hybridized carbons (Fsp3) is 0.444. The first-order valence-corrected chi connectivity index (χ1v) is 4.43. The molecule has 0 aliphatic carbocycles. The summed E-state index contributed by atoms with van der Waals surface area (Å²) in [5.41, 5.74) is -2.60. The van der Waals surface area contributed by atoms with Gasteiger partial charge in [-0.25, -0.2) is 0 Å². The smallest absolute Gasteiger partial charge is 0.366 e. The highest BCUT2D eigenvalue weighted by Crippen LogP contribution is 2.52. The van der Waals surface area contributed by atoms with Gasteiger partial charge in [0.05, 0.1) is 5.56 Å². The standard InChI is InChI=1S/C9H6F7NO/c1-4(18)5-2-17-3-6(5)7(10,11)8(12,13)9(14,15)16/h2-3,17H,1H3. The molecule has 0 atom stereocenters. The average Bonchev–Trinajstić information content (AvgIpc) is 2.63. The van der Waals surface area contributed by atoms with E-state index in [1.54, 1.807) is 0 Å². The van der Waals surface area contributed by atoms with Gasteiger partial charge in [-0.2, -0.15) is 30.7 Å².